The van der Waals surface area contributed by atoms with Gasteiger partial charge in [-0.2, -0.15) is 5.26 Å². The van der Waals surface area contributed by atoms with E-state index >= 15 is 0 Å². The second-order valence-corrected chi connectivity index (χ2v) is 4.74. The van der Waals surface area contributed by atoms with E-state index in [0.29, 0.717) is 5.56 Å². The van der Waals surface area contributed by atoms with E-state index in [4.69, 9.17) is 5.26 Å². The van der Waals surface area contributed by atoms with E-state index < -0.39 is 7.81 Å². The number of rotatable bonds is 0. The minimum absolute atomic E-state index is 0.702. The summed E-state index contributed by atoms with van der Waals surface area (Å²) in [4.78, 5) is 0. The van der Waals surface area contributed by atoms with Crippen LogP contribution in [0.3, 0.4) is 0 Å². The Morgan fingerprint density at radius 1 is 1.06 bits per heavy atom. The van der Waals surface area contributed by atoms with Gasteiger partial charge in [0.1, 0.15) is 7.05 Å². The van der Waals surface area contributed by atoms with E-state index in [-0.39, 0.29) is 0 Å². The van der Waals surface area contributed by atoms with Crippen molar-refractivity contribution in [2.24, 2.45) is 7.05 Å². The van der Waals surface area contributed by atoms with Crippen LogP contribution in [0.25, 0.3) is 0 Å². The number of aryl methyl sites for hydroxylation is 1. The fourth-order valence-electron chi connectivity index (χ4n) is 0.576. The third-order valence-electron chi connectivity index (χ3n) is 1.11. The molecule has 0 radical (unpaired) electrons. The van der Waals surface area contributed by atoms with Gasteiger partial charge in [-0.25, -0.2) is 4.57 Å². The van der Waals surface area contributed by atoms with Gasteiger partial charge in [-0.3, -0.25) is 0 Å². The molecule has 0 atom stereocenters. The van der Waals surface area contributed by atoms with Crippen LogP contribution in [-0.2, 0) is 7.05 Å². The summed E-state index contributed by atoms with van der Waals surface area (Å²) in [5.74, 6) is 0. The van der Waals surface area contributed by atoms with E-state index in [2.05, 4.69) is 0 Å². The van der Waals surface area contributed by atoms with Crippen LogP contribution >= 0.6 is 7.81 Å². The molecule has 0 aliphatic heterocycles. The van der Waals surface area contributed by atoms with Crippen molar-refractivity contribution in [2.75, 3.05) is 0 Å². The molecule has 9 heteroatoms. The predicted molar refractivity (Wildman–Crippen MR) is 45.9 cm³/mol. The predicted octanol–water partition coefficient (Wildman–Crippen LogP) is 3.77. The molecule has 0 amide bonds. The average molecular weight is 264 g/mol. The molecule has 0 N–H and O–H groups in total. The molecule has 16 heavy (non-hydrogen) atoms. The summed E-state index contributed by atoms with van der Waals surface area (Å²) in [6.45, 7) is 0. The first kappa shape index (κ1) is 14.6. The van der Waals surface area contributed by atoms with Gasteiger partial charge in [0.15, 0.2) is 12.4 Å². The monoisotopic (exact) mass is 264 g/mol. The van der Waals surface area contributed by atoms with Gasteiger partial charge in [0.05, 0.1) is 11.6 Å². The number of nitriles is 1. The Kier molecular flexibility index (Phi) is 3.29. The van der Waals surface area contributed by atoms with E-state index in [0.717, 1.165) is 0 Å². The van der Waals surface area contributed by atoms with Crippen molar-refractivity contribution in [1.29, 1.82) is 5.26 Å². The van der Waals surface area contributed by atoms with Crippen molar-refractivity contribution < 1.29 is 29.7 Å². The zero-order valence-electron chi connectivity index (χ0n) is 7.92. The number of halogens is 6. The average Bonchev–Trinajstić information content (AvgIpc) is 2.00. The van der Waals surface area contributed by atoms with Crippen LogP contribution in [-0.4, -0.2) is 0 Å². The van der Waals surface area contributed by atoms with Gasteiger partial charge in [-0.05, 0) is 0 Å². The Bertz CT molecular complexity index is 389. The molecule has 0 fully saturated rings. The molecule has 0 aliphatic rings. The molecule has 0 spiro atoms. The maximum atomic E-state index is 9.87. The zero-order valence-corrected chi connectivity index (χ0v) is 8.81. The van der Waals surface area contributed by atoms with Crippen LogP contribution in [0.2, 0.25) is 0 Å². The molecular formula is C7H7F6N2P. The zero-order chi connectivity index (χ0) is 13.1. The van der Waals surface area contributed by atoms with Crippen molar-refractivity contribution in [3.63, 3.8) is 0 Å². The first-order valence-corrected chi connectivity index (χ1v) is 5.72. The Balaban J connectivity index is 0.000000293. The van der Waals surface area contributed by atoms with Gasteiger partial charge in [0, 0.05) is 12.1 Å². The number of hydrogen-bond donors (Lipinski definition) is 0. The van der Waals surface area contributed by atoms with Gasteiger partial charge in [0.2, 0.25) is 0 Å². The number of aromatic nitrogens is 1. The fraction of sp³-hybridized carbons (Fsp3) is 0.143. The number of hydrogen-bond acceptors (Lipinski definition) is 1. The van der Waals surface area contributed by atoms with Crippen LogP contribution in [0.4, 0.5) is 25.2 Å². The number of pyridine rings is 1. The summed E-state index contributed by atoms with van der Waals surface area (Å²) in [6.07, 6.45) is 3.69. The second-order valence-electron chi connectivity index (χ2n) is 2.82. The van der Waals surface area contributed by atoms with Crippen LogP contribution in [0, 0.1) is 11.3 Å². The van der Waals surface area contributed by atoms with Crippen molar-refractivity contribution in [1.82, 2.24) is 0 Å². The molecule has 0 saturated heterocycles. The fourth-order valence-corrected chi connectivity index (χ4v) is 0.576. The van der Waals surface area contributed by atoms with Crippen LogP contribution in [0.5, 0.6) is 0 Å². The molecular weight excluding hydrogens is 257 g/mol. The maximum absolute atomic E-state index is 10.7. The Morgan fingerprint density at radius 2 is 1.38 bits per heavy atom. The normalized spacial score (nSPS) is 14.9. The standard InChI is InChI=1S/C7H7N2.F6P/c1-9-4-2-7(6-8)3-5-9;1-7(2,3,4,5)6/h2-5H,1H3;/q+1;-1. The quantitative estimate of drug-likeness (QED) is 0.398. The van der Waals surface area contributed by atoms with Gasteiger partial charge in [-0.15, -0.1) is 0 Å². The molecule has 0 aromatic carbocycles. The van der Waals surface area contributed by atoms with Crippen LogP contribution in [0.1, 0.15) is 5.56 Å². The molecule has 1 aromatic rings. The summed E-state index contributed by atoms with van der Waals surface area (Å²) < 4.78 is 61.1. The third kappa shape index (κ3) is 15.1. The molecule has 0 saturated carbocycles. The molecule has 0 unspecified atom stereocenters. The van der Waals surface area contributed by atoms with Crippen LogP contribution in [0.15, 0.2) is 24.5 Å². The van der Waals surface area contributed by atoms with Gasteiger partial charge >= 0.3 is 33.0 Å². The van der Waals surface area contributed by atoms with Crippen molar-refractivity contribution in [3.8, 4) is 6.07 Å². The molecule has 0 aliphatic carbocycles. The van der Waals surface area contributed by atoms with Crippen molar-refractivity contribution in [2.45, 2.75) is 0 Å². The van der Waals surface area contributed by atoms with Crippen molar-refractivity contribution >= 4 is 7.81 Å². The molecule has 1 rings (SSSR count). The summed E-state index contributed by atoms with van der Waals surface area (Å²) in [5.41, 5.74) is 0.702. The summed E-state index contributed by atoms with van der Waals surface area (Å²) in [7, 11) is -8.74. The van der Waals surface area contributed by atoms with Gasteiger partial charge in [-0.1, -0.05) is 0 Å². The van der Waals surface area contributed by atoms with Gasteiger partial charge < -0.3 is 0 Å². The Morgan fingerprint density at radius 3 is 1.62 bits per heavy atom. The van der Waals surface area contributed by atoms with E-state index in [1.807, 2.05) is 30.1 Å². The number of nitrogens with zero attached hydrogens (tertiary/aromatic N) is 2. The van der Waals surface area contributed by atoms with Crippen LogP contribution < -0.4 is 4.57 Å². The first-order valence-electron chi connectivity index (χ1n) is 3.70. The molecule has 1 aromatic heterocycles. The third-order valence-corrected chi connectivity index (χ3v) is 1.11. The Labute approximate surface area is 87.0 Å². The minimum atomic E-state index is -10.7. The molecule has 0 bridgehead atoms. The Hall–Kier alpha value is -1.35. The topological polar surface area (TPSA) is 27.7 Å². The van der Waals surface area contributed by atoms with E-state index in [9.17, 15) is 25.2 Å². The van der Waals surface area contributed by atoms with Gasteiger partial charge in [0.25, 0.3) is 0 Å². The molecule has 1 heterocycles. The SMILES string of the molecule is C[n+]1ccc(C#N)cc1.F[P-](F)(F)(F)(F)F. The molecule has 2 nitrogen and oxygen atoms in total. The van der Waals surface area contributed by atoms with Crippen molar-refractivity contribution in [3.05, 3.63) is 30.1 Å². The van der Waals surface area contributed by atoms with E-state index in [1.54, 1.807) is 12.1 Å². The summed E-state index contributed by atoms with van der Waals surface area (Å²) >= 11 is 0. The second kappa shape index (κ2) is 3.59. The first-order chi connectivity index (χ1) is 6.78. The summed E-state index contributed by atoms with van der Waals surface area (Å²) in [5, 5.41) is 8.37. The molecule has 92 valence electrons. The van der Waals surface area contributed by atoms with E-state index in [1.165, 1.54) is 0 Å². The summed E-state index contributed by atoms with van der Waals surface area (Å²) in [6, 6.07) is 5.60.